The van der Waals surface area contributed by atoms with Gasteiger partial charge in [-0.25, -0.2) is 0 Å². The smallest absolute Gasteiger partial charge is 0.308 e. The van der Waals surface area contributed by atoms with Crippen LogP contribution >= 0.6 is 0 Å². The number of imide groups is 1. The molecular formula is C11H14N2O5. The topological polar surface area (TPSA) is 95.0 Å². The Bertz CT molecular complexity index is 433. The molecule has 18 heavy (non-hydrogen) atoms. The van der Waals surface area contributed by atoms with Crippen LogP contribution in [0.3, 0.4) is 0 Å². The minimum absolute atomic E-state index is 0.0482. The van der Waals surface area contributed by atoms with Crippen molar-refractivity contribution in [2.24, 2.45) is 5.92 Å². The number of likely N-dealkylation sites (N-methyl/N-ethyl adjacent to an activating group) is 1. The van der Waals surface area contributed by atoms with Gasteiger partial charge in [0, 0.05) is 26.4 Å². The van der Waals surface area contributed by atoms with E-state index in [9.17, 15) is 19.2 Å². The van der Waals surface area contributed by atoms with Crippen molar-refractivity contribution in [2.45, 2.75) is 25.3 Å². The first kappa shape index (κ1) is 12.5. The highest BCUT2D eigenvalue weighted by molar-refractivity contribution is 6.02. The average molecular weight is 254 g/mol. The maximum Gasteiger partial charge on any atom is 0.308 e. The maximum atomic E-state index is 11.9. The minimum atomic E-state index is -1.03. The number of carbonyl (C=O) groups excluding carboxylic acids is 3. The van der Waals surface area contributed by atoms with E-state index in [0.29, 0.717) is 0 Å². The summed E-state index contributed by atoms with van der Waals surface area (Å²) in [6.45, 7) is 0.0482. The number of carbonyl (C=O) groups is 4. The number of amides is 3. The quantitative estimate of drug-likeness (QED) is 0.642. The molecule has 0 aromatic rings. The first-order valence-corrected chi connectivity index (χ1v) is 5.74. The predicted molar refractivity (Wildman–Crippen MR) is 58.3 cm³/mol. The zero-order valence-electron chi connectivity index (χ0n) is 9.96. The molecule has 0 bridgehead atoms. The van der Waals surface area contributed by atoms with E-state index in [1.54, 1.807) is 0 Å². The lowest BCUT2D eigenvalue weighted by Gasteiger charge is -2.33. The zero-order valence-corrected chi connectivity index (χ0v) is 9.96. The fourth-order valence-corrected chi connectivity index (χ4v) is 2.39. The molecule has 0 aliphatic carbocycles. The number of nitrogens with zero attached hydrogens (tertiary/aromatic N) is 2. The molecule has 0 radical (unpaired) electrons. The highest BCUT2D eigenvalue weighted by Gasteiger charge is 2.43. The molecule has 1 N–H and O–H groups in total. The number of carboxylic acids is 1. The largest absolute Gasteiger partial charge is 0.481 e. The fraction of sp³-hybridized carbons (Fsp3) is 0.636. The minimum Gasteiger partial charge on any atom is -0.481 e. The Balaban J connectivity index is 2.13. The van der Waals surface area contributed by atoms with E-state index in [0.717, 1.165) is 4.90 Å². The Hall–Kier alpha value is -1.92. The first-order chi connectivity index (χ1) is 8.41. The van der Waals surface area contributed by atoms with Gasteiger partial charge in [-0.15, -0.1) is 0 Å². The van der Waals surface area contributed by atoms with Crippen molar-refractivity contribution in [1.29, 1.82) is 0 Å². The summed E-state index contributed by atoms with van der Waals surface area (Å²) in [5.74, 6) is -2.81. The second-order valence-corrected chi connectivity index (χ2v) is 4.63. The lowest BCUT2D eigenvalue weighted by atomic mass is 10.0. The van der Waals surface area contributed by atoms with Gasteiger partial charge >= 0.3 is 5.97 Å². The van der Waals surface area contributed by atoms with Gasteiger partial charge in [-0.3, -0.25) is 24.1 Å². The lowest BCUT2D eigenvalue weighted by molar-refractivity contribution is -0.154. The first-order valence-electron chi connectivity index (χ1n) is 5.74. The van der Waals surface area contributed by atoms with Crippen molar-refractivity contribution in [2.75, 3.05) is 13.6 Å². The molecule has 7 nitrogen and oxygen atoms in total. The summed E-state index contributed by atoms with van der Waals surface area (Å²) in [6.07, 6.45) is 0.408. The maximum absolute atomic E-state index is 11.9. The number of hydrogen-bond donors (Lipinski definition) is 1. The van der Waals surface area contributed by atoms with E-state index < -0.39 is 23.8 Å². The number of hydrogen-bond acceptors (Lipinski definition) is 4. The van der Waals surface area contributed by atoms with E-state index >= 15 is 0 Å². The summed E-state index contributed by atoms with van der Waals surface area (Å²) in [5, 5.41) is 8.88. The SMILES string of the molecule is CN1C(=O)CCC(N2CC(C(=O)O)CC2=O)C1=O. The highest BCUT2D eigenvalue weighted by Crippen LogP contribution is 2.25. The molecule has 98 valence electrons. The van der Waals surface area contributed by atoms with Crippen molar-refractivity contribution in [3.05, 3.63) is 0 Å². The molecule has 2 atom stereocenters. The van der Waals surface area contributed by atoms with E-state index in [2.05, 4.69) is 0 Å². The summed E-state index contributed by atoms with van der Waals surface area (Å²) < 4.78 is 0. The molecule has 2 fully saturated rings. The molecule has 2 heterocycles. The summed E-state index contributed by atoms with van der Waals surface area (Å²) in [6, 6.07) is -0.690. The molecule has 2 aliphatic heterocycles. The van der Waals surface area contributed by atoms with Gasteiger partial charge in [0.2, 0.25) is 11.8 Å². The summed E-state index contributed by atoms with van der Waals surface area (Å²) >= 11 is 0. The van der Waals surface area contributed by atoms with Gasteiger partial charge in [0.25, 0.3) is 5.91 Å². The van der Waals surface area contributed by atoms with E-state index in [4.69, 9.17) is 5.11 Å². The normalized spacial score (nSPS) is 29.1. The van der Waals surface area contributed by atoms with Gasteiger partial charge in [-0.2, -0.15) is 0 Å². The second kappa shape index (κ2) is 4.40. The molecule has 3 amide bonds. The van der Waals surface area contributed by atoms with Gasteiger partial charge in [-0.05, 0) is 6.42 Å². The Morgan fingerprint density at radius 1 is 1.28 bits per heavy atom. The molecule has 0 spiro atoms. The van der Waals surface area contributed by atoms with Gasteiger partial charge < -0.3 is 10.0 Å². The summed E-state index contributed by atoms with van der Waals surface area (Å²) in [5.41, 5.74) is 0. The van der Waals surface area contributed by atoms with Gasteiger partial charge in [0.1, 0.15) is 6.04 Å². The van der Waals surface area contributed by atoms with Gasteiger partial charge in [-0.1, -0.05) is 0 Å². The lowest BCUT2D eigenvalue weighted by Crippen LogP contribution is -2.53. The summed E-state index contributed by atoms with van der Waals surface area (Å²) in [4.78, 5) is 48.1. The Kier molecular flexibility index (Phi) is 3.06. The standard InChI is InChI=1S/C11H14N2O5/c1-12-8(14)3-2-7(10(12)16)13-5-6(11(17)18)4-9(13)15/h6-7H,2-5H2,1H3,(H,17,18). The van der Waals surface area contributed by atoms with Crippen molar-refractivity contribution in [1.82, 2.24) is 9.80 Å². The molecule has 7 heteroatoms. The van der Waals surface area contributed by atoms with Crippen molar-refractivity contribution in [3.8, 4) is 0 Å². The molecule has 2 aliphatic rings. The van der Waals surface area contributed by atoms with Crippen molar-refractivity contribution in [3.63, 3.8) is 0 Å². The number of piperidine rings is 1. The van der Waals surface area contributed by atoms with Gasteiger partial charge in [0.15, 0.2) is 0 Å². The van der Waals surface area contributed by atoms with Crippen LogP contribution in [0, 0.1) is 5.92 Å². The van der Waals surface area contributed by atoms with Crippen LogP contribution in [-0.4, -0.2) is 58.2 Å². The van der Waals surface area contributed by atoms with E-state index in [1.165, 1.54) is 11.9 Å². The van der Waals surface area contributed by atoms with Crippen LogP contribution in [0.25, 0.3) is 0 Å². The zero-order chi connectivity index (χ0) is 13.4. The molecule has 2 unspecified atom stereocenters. The third kappa shape index (κ3) is 1.96. The number of likely N-dealkylation sites (tertiary alicyclic amines) is 2. The molecule has 2 saturated heterocycles. The number of aliphatic carboxylic acids is 1. The molecule has 0 aromatic carbocycles. The van der Waals surface area contributed by atoms with Crippen molar-refractivity contribution >= 4 is 23.7 Å². The van der Waals surface area contributed by atoms with Gasteiger partial charge in [0.05, 0.1) is 5.92 Å². The van der Waals surface area contributed by atoms with Crippen LogP contribution in [-0.2, 0) is 19.2 Å². The Labute approximate surface area is 103 Å². The summed E-state index contributed by atoms with van der Waals surface area (Å²) in [7, 11) is 1.38. The average Bonchev–Trinajstić information content (AvgIpc) is 2.69. The van der Waals surface area contributed by atoms with E-state index in [-0.39, 0.29) is 37.6 Å². The third-order valence-corrected chi connectivity index (χ3v) is 3.51. The second-order valence-electron chi connectivity index (χ2n) is 4.63. The van der Waals surface area contributed by atoms with Crippen LogP contribution < -0.4 is 0 Å². The fourth-order valence-electron chi connectivity index (χ4n) is 2.39. The molecular weight excluding hydrogens is 240 g/mol. The van der Waals surface area contributed by atoms with Crippen molar-refractivity contribution < 1.29 is 24.3 Å². The number of carboxylic acid groups (broad SMARTS) is 1. The monoisotopic (exact) mass is 254 g/mol. The molecule has 2 rings (SSSR count). The van der Waals surface area contributed by atoms with Crippen LogP contribution in [0.5, 0.6) is 0 Å². The highest BCUT2D eigenvalue weighted by atomic mass is 16.4. The molecule has 0 saturated carbocycles. The van der Waals surface area contributed by atoms with Crippen LogP contribution in [0.4, 0.5) is 0 Å². The molecule has 0 aromatic heterocycles. The van der Waals surface area contributed by atoms with Crippen LogP contribution in [0.15, 0.2) is 0 Å². The number of rotatable bonds is 2. The third-order valence-electron chi connectivity index (χ3n) is 3.51. The Morgan fingerprint density at radius 2 is 1.94 bits per heavy atom. The van der Waals surface area contributed by atoms with Crippen LogP contribution in [0.2, 0.25) is 0 Å². The predicted octanol–water partition coefficient (Wildman–Crippen LogP) is -0.933. The van der Waals surface area contributed by atoms with Crippen LogP contribution in [0.1, 0.15) is 19.3 Å². The Morgan fingerprint density at radius 3 is 2.50 bits per heavy atom. The van der Waals surface area contributed by atoms with E-state index in [1.807, 2.05) is 0 Å².